The second-order valence-corrected chi connectivity index (χ2v) is 5.54. The summed E-state index contributed by atoms with van der Waals surface area (Å²) >= 11 is 1.95. The van der Waals surface area contributed by atoms with Gasteiger partial charge in [-0.2, -0.15) is 11.8 Å². The molecule has 1 saturated heterocycles. The van der Waals surface area contributed by atoms with E-state index < -0.39 is 0 Å². The van der Waals surface area contributed by atoms with E-state index in [2.05, 4.69) is 25.8 Å². The first kappa shape index (κ1) is 10.4. The molecule has 0 aromatic carbocycles. The van der Waals surface area contributed by atoms with Gasteiger partial charge >= 0.3 is 0 Å². The van der Waals surface area contributed by atoms with Gasteiger partial charge in [-0.25, -0.2) is 0 Å². The predicted octanol–water partition coefficient (Wildman–Crippen LogP) is 1.05. The van der Waals surface area contributed by atoms with Crippen molar-refractivity contribution in [3.05, 3.63) is 0 Å². The molecule has 3 heteroatoms. The molecule has 1 N–H and O–H groups in total. The normalized spacial score (nSPS) is 31.8. The SMILES string of the molecule is CC(C)SC[C@H]1CN(C)C[C@@H]1O. The van der Waals surface area contributed by atoms with Crippen LogP contribution < -0.4 is 0 Å². The van der Waals surface area contributed by atoms with Gasteiger partial charge < -0.3 is 10.0 Å². The maximum atomic E-state index is 9.62. The van der Waals surface area contributed by atoms with Gasteiger partial charge in [0.15, 0.2) is 0 Å². The summed E-state index contributed by atoms with van der Waals surface area (Å²) in [6.07, 6.45) is -0.0961. The molecule has 2 nitrogen and oxygen atoms in total. The van der Waals surface area contributed by atoms with Gasteiger partial charge in [0.1, 0.15) is 0 Å². The Hall–Kier alpha value is 0.270. The lowest BCUT2D eigenvalue weighted by atomic mass is 10.1. The van der Waals surface area contributed by atoms with Crippen LogP contribution in [0.25, 0.3) is 0 Å². The highest BCUT2D eigenvalue weighted by molar-refractivity contribution is 7.99. The van der Waals surface area contributed by atoms with E-state index in [1.807, 2.05) is 11.8 Å². The number of likely N-dealkylation sites (tertiary alicyclic amines) is 1. The summed E-state index contributed by atoms with van der Waals surface area (Å²) in [6.45, 7) is 6.32. The summed E-state index contributed by atoms with van der Waals surface area (Å²) in [7, 11) is 2.07. The van der Waals surface area contributed by atoms with Crippen LogP contribution in [-0.2, 0) is 0 Å². The van der Waals surface area contributed by atoms with E-state index in [-0.39, 0.29) is 6.10 Å². The minimum atomic E-state index is -0.0961. The van der Waals surface area contributed by atoms with Crippen LogP contribution in [0.3, 0.4) is 0 Å². The van der Waals surface area contributed by atoms with Crippen LogP contribution in [0.1, 0.15) is 13.8 Å². The molecular formula is C9H19NOS. The molecule has 0 bridgehead atoms. The zero-order valence-electron chi connectivity index (χ0n) is 8.16. The number of aliphatic hydroxyl groups excluding tert-OH is 1. The largest absolute Gasteiger partial charge is 0.391 e. The molecule has 0 saturated carbocycles. The summed E-state index contributed by atoms with van der Waals surface area (Å²) in [5.41, 5.74) is 0. The first-order valence-electron chi connectivity index (χ1n) is 4.58. The summed E-state index contributed by atoms with van der Waals surface area (Å²) in [4.78, 5) is 2.20. The van der Waals surface area contributed by atoms with Crippen LogP contribution in [0.4, 0.5) is 0 Å². The number of likely N-dealkylation sites (N-methyl/N-ethyl adjacent to an activating group) is 1. The Morgan fingerprint density at radius 3 is 2.58 bits per heavy atom. The van der Waals surface area contributed by atoms with Crippen molar-refractivity contribution in [2.24, 2.45) is 5.92 Å². The van der Waals surface area contributed by atoms with E-state index in [9.17, 15) is 5.11 Å². The van der Waals surface area contributed by atoms with Gasteiger partial charge in [-0.3, -0.25) is 0 Å². The molecule has 1 rings (SSSR count). The number of hydrogen-bond acceptors (Lipinski definition) is 3. The van der Waals surface area contributed by atoms with Crippen molar-refractivity contribution in [1.82, 2.24) is 4.90 Å². The van der Waals surface area contributed by atoms with Gasteiger partial charge in [-0.15, -0.1) is 0 Å². The lowest BCUT2D eigenvalue weighted by Gasteiger charge is -2.13. The van der Waals surface area contributed by atoms with Crippen molar-refractivity contribution < 1.29 is 5.11 Å². The van der Waals surface area contributed by atoms with E-state index in [0.29, 0.717) is 11.2 Å². The highest BCUT2D eigenvalue weighted by Crippen LogP contribution is 2.22. The molecular weight excluding hydrogens is 170 g/mol. The fourth-order valence-electron chi connectivity index (χ4n) is 1.54. The molecule has 0 unspecified atom stereocenters. The molecule has 0 aliphatic carbocycles. The van der Waals surface area contributed by atoms with E-state index in [1.165, 1.54) is 0 Å². The number of rotatable bonds is 3. The molecule has 1 fully saturated rings. The van der Waals surface area contributed by atoms with E-state index in [0.717, 1.165) is 18.8 Å². The first-order valence-corrected chi connectivity index (χ1v) is 5.62. The molecule has 0 aromatic heterocycles. The fraction of sp³-hybridized carbons (Fsp3) is 1.00. The molecule has 12 heavy (non-hydrogen) atoms. The third kappa shape index (κ3) is 2.96. The highest BCUT2D eigenvalue weighted by atomic mass is 32.2. The van der Waals surface area contributed by atoms with Crippen LogP contribution >= 0.6 is 11.8 Å². The fourth-order valence-corrected chi connectivity index (χ4v) is 2.50. The lowest BCUT2D eigenvalue weighted by molar-refractivity contribution is 0.152. The molecule has 0 spiro atoms. The molecule has 1 heterocycles. The van der Waals surface area contributed by atoms with E-state index in [4.69, 9.17) is 0 Å². The lowest BCUT2D eigenvalue weighted by Crippen LogP contribution is -2.20. The second-order valence-electron chi connectivity index (χ2n) is 3.93. The Labute approximate surface area is 79.3 Å². The topological polar surface area (TPSA) is 23.5 Å². The van der Waals surface area contributed by atoms with Gasteiger partial charge in [0.05, 0.1) is 6.10 Å². The van der Waals surface area contributed by atoms with E-state index >= 15 is 0 Å². The maximum Gasteiger partial charge on any atom is 0.0715 e. The quantitative estimate of drug-likeness (QED) is 0.718. The van der Waals surface area contributed by atoms with Gasteiger partial charge in [0.25, 0.3) is 0 Å². The molecule has 2 atom stereocenters. The average Bonchev–Trinajstić information content (AvgIpc) is 2.26. The summed E-state index contributed by atoms with van der Waals surface area (Å²) in [6, 6.07) is 0. The summed E-state index contributed by atoms with van der Waals surface area (Å²) in [5.74, 6) is 1.59. The summed E-state index contributed by atoms with van der Waals surface area (Å²) in [5, 5.41) is 10.3. The molecule has 0 aromatic rings. The molecule has 1 aliphatic rings. The van der Waals surface area contributed by atoms with Crippen molar-refractivity contribution in [2.45, 2.75) is 25.2 Å². The molecule has 0 amide bonds. The maximum absolute atomic E-state index is 9.62. The molecule has 72 valence electrons. The molecule has 1 aliphatic heterocycles. The van der Waals surface area contributed by atoms with Crippen LogP contribution in [0.5, 0.6) is 0 Å². The minimum absolute atomic E-state index is 0.0961. The van der Waals surface area contributed by atoms with Crippen LogP contribution in [0.15, 0.2) is 0 Å². The van der Waals surface area contributed by atoms with Crippen LogP contribution in [0, 0.1) is 5.92 Å². The Kier molecular flexibility index (Phi) is 3.87. The van der Waals surface area contributed by atoms with Crippen molar-refractivity contribution in [3.8, 4) is 0 Å². The van der Waals surface area contributed by atoms with Gasteiger partial charge in [-0.05, 0) is 12.3 Å². The predicted molar refractivity (Wildman–Crippen MR) is 54.6 cm³/mol. The highest BCUT2D eigenvalue weighted by Gasteiger charge is 2.28. The second kappa shape index (κ2) is 4.49. The van der Waals surface area contributed by atoms with Gasteiger partial charge in [0.2, 0.25) is 0 Å². The average molecular weight is 189 g/mol. The number of hydrogen-bond donors (Lipinski definition) is 1. The third-order valence-corrected chi connectivity index (χ3v) is 3.52. The minimum Gasteiger partial charge on any atom is -0.391 e. The molecule has 0 radical (unpaired) electrons. The zero-order chi connectivity index (χ0) is 9.14. The first-order chi connectivity index (χ1) is 5.59. The van der Waals surface area contributed by atoms with Crippen molar-refractivity contribution in [2.75, 3.05) is 25.9 Å². The van der Waals surface area contributed by atoms with Gasteiger partial charge in [0, 0.05) is 24.8 Å². The zero-order valence-corrected chi connectivity index (χ0v) is 8.97. The Morgan fingerprint density at radius 2 is 2.17 bits per heavy atom. The van der Waals surface area contributed by atoms with Crippen LogP contribution in [-0.4, -0.2) is 47.3 Å². The summed E-state index contributed by atoms with van der Waals surface area (Å²) < 4.78 is 0. The third-order valence-electron chi connectivity index (χ3n) is 2.23. The Bertz CT molecular complexity index is 140. The Balaban J connectivity index is 2.23. The smallest absolute Gasteiger partial charge is 0.0715 e. The van der Waals surface area contributed by atoms with Crippen molar-refractivity contribution >= 4 is 11.8 Å². The monoisotopic (exact) mass is 189 g/mol. The number of aliphatic hydroxyl groups is 1. The number of nitrogens with zero attached hydrogens (tertiary/aromatic N) is 1. The van der Waals surface area contributed by atoms with Crippen molar-refractivity contribution in [3.63, 3.8) is 0 Å². The van der Waals surface area contributed by atoms with Crippen LogP contribution in [0.2, 0.25) is 0 Å². The number of thioether (sulfide) groups is 1. The standard InChI is InChI=1S/C9H19NOS/c1-7(2)12-6-8-4-10(3)5-9(8)11/h7-9,11H,4-6H2,1-3H3/t8-,9+/m1/s1. The number of β-amino-alcohol motifs (C(OH)–C–C–N with tert-alkyl or cyclic N) is 1. The van der Waals surface area contributed by atoms with Crippen molar-refractivity contribution in [1.29, 1.82) is 0 Å². The van der Waals surface area contributed by atoms with E-state index in [1.54, 1.807) is 0 Å². The Morgan fingerprint density at radius 1 is 1.50 bits per heavy atom. The van der Waals surface area contributed by atoms with Gasteiger partial charge in [-0.1, -0.05) is 13.8 Å².